The van der Waals surface area contributed by atoms with Crippen molar-refractivity contribution in [1.82, 2.24) is 4.90 Å². The molecule has 0 spiro atoms. The van der Waals surface area contributed by atoms with Crippen LogP contribution in [0.15, 0.2) is 18.2 Å². The fourth-order valence-electron chi connectivity index (χ4n) is 1.42. The van der Waals surface area contributed by atoms with Gasteiger partial charge in [-0.25, -0.2) is 0 Å². The van der Waals surface area contributed by atoms with Crippen LogP contribution in [0.5, 0.6) is 0 Å². The third-order valence-corrected chi connectivity index (χ3v) is 3.24. The lowest BCUT2D eigenvalue weighted by atomic mass is 10.2. The van der Waals surface area contributed by atoms with Gasteiger partial charge in [-0.1, -0.05) is 0 Å². The van der Waals surface area contributed by atoms with Gasteiger partial charge in [0.1, 0.15) is 6.04 Å². The third kappa shape index (κ3) is 3.56. The minimum atomic E-state index is -0.444. The number of anilines is 1. The van der Waals surface area contributed by atoms with E-state index >= 15 is 0 Å². The molecule has 0 heterocycles. The quantitative estimate of drug-likeness (QED) is 0.505. The standard InChI is InChI=1S/C11H14IN3O3/c1-7(11(16)14(2)3)13-10-5-4-8(15(17)18)6-9(10)12/h4-7,13H,1-3H3. The van der Waals surface area contributed by atoms with Gasteiger partial charge in [0.15, 0.2) is 0 Å². The van der Waals surface area contributed by atoms with E-state index in [4.69, 9.17) is 0 Å². The maximum atomic E-state index is 11.7. The van der Waals surface area contributed by atoms with Gasteiger partial charge in [-0.3, -0.25) is 14.9 Å². The molecule has 1 N–H and O–H groups in total. The number of nitro groups is 1. The molecular formula is C11H14IN3O3. The van der Waals surface area contributed by atoms with Crippen LogP contribution in [-0.2, 0) is 4.79 Å². The largest absolute Gasteiger partial charge is 0.373 e. The number of carbonyl (C=O) groups is 1. The summed E-state index contributed by atoms with van der Waals surface area (Å²) >= 11 is 2.00. The summed E-state index contributed by atoms with van der Waals surface area (Å²) in [7, 11) is 3.36. The number of amides is 1. The zero-order chi connectivity index (χ0) is 13.9. The molecule has 0 aliphatic carbocycles. The number of nitro benzene ring substituents is 1. The van der Waals surface area contributed by atoms with E-state index in [0.717, 1.165) is 0 Å². The Hall–Kier alpha value is -1.38. The smallest absolute Gasteiger partial charge is 0.270 e. The predicted octanol–water partition coefficient (Wildman–Crippen LogP) is 2.09. The molecule has 0 aromatic heterocycles. The fourth-order valence-corrected chi connectivity index (χ4v) is 2.07. The van der Waals surface area contributed by atoms with Crippen LogP contribution in [0.1, 0.15) is 6.92 Å². The zero-order valence-corrected chi connectivity index (χ0v) is 12.5. The highest BCUT2D eigenvalue weighted by atomic mass is 127. The van der Waals surface area contributed by atoms with Crippen LogP contribution in [0.3, 0.4) is 0 Å². The van der Waals surface area contributed by atoms with Crippen molar-refractivity contribution in [2.75, 3.05) is 19.4 Å². The van der Waals surface area contributed by atoms with Crippen molar-refractivity contribution >= 4 is 39.9 Å². The van der Waals surface area contributed by atoms with E-state index in [0.29, 0.717) is 9.26 Å². The Bertz CT molecular complexity index is 477. The zero-order valence-electron chi connectivity index (χ0n) is 10.3. The van der Waals surface area contributed by atoms with Crippen LogP contribution in [0.2, 0.25) is 0 Å². The van der Waals surface area contributed by atoms with E-state index in [1.54, 1.807) is 27.1 Å². The first-order valence-electron chi connectivity index (χ1n) is 5.24. The summed E-state index contributed by atoms with van der Waals surface area (Å²) in [6, 6.07) is 4.11. The predicted molar refractivity (Wildman–Crippen MR) is 77.6 cm³/mol. The van der Waals surface area contributed by atoms with Crippen LogP contribution in [0, 0.1) is 13.7 Å². The van der Waals surface area contributed by atoms with Gasteiger partial charge < -0.3 is 10.2 Å². The van der Waals surface area contributed by atoms with Gasteiger partial charge >= 0.3 is 0 Å². The van der Waals surface area contributed by atoms with Crippen LogP contribution >= 0.6 is 22.6 Å². The summed E-state index contributed by atoms with van der Waals surface area (Å²) in [4.78, 5) is 23.3. The Morgan fingerprint density at radius 1 is 1.50 bits per heavy atom. The van der Waals surface area contributed by atoms with E-state index in [1.807, 2.05) is 22.6 Å². The second-order valence-electron chi connectivity index (χ2n) is 4.02. The van der Waals surface area contributed by atoms with E-state index in [2.05, 4.69) is 5.32 Å². The molecule has 1 aromatic rings. The summed E-state index contributed by atoms with van der Waals surface area (Å²) < 4.78 is 0.709. The highest BCUT2D eigenvalue weighted by Crippen LogP contribution is 2.24. The van der Waals surface area contributed by atoms with Crippen LogP contribution in [0.25, 0.3) is 0 Å². The molecule has 1 amide bonds. The average Bonchev–Trinajstić information content (AvgIpc) is 2.30. The molecule has 0 bridgehead atoms. The van der Waals surface area contributed by atoms with Crippen molar-refractivity contribution in [3.63, 3.8) is 0 Å². The summed E-state index contributed by atoms with van der Waals surface area (Å²) in [6.07, 6.45) is 0. The van der Waals surface area contributed by atoms with Crippen molar-refractivity contribution < 1.29 is 9.72 Å². The lowest BCUT2D eigenvalue weighted by Crippen LogP contribution is -2.36. The normalized spacial score (nSPS) is 11.8. The van der Waals surface area contributed by atoms with Gasteiger partial charge in [-0.2, -0.15) is 0 Å². The van der Waals surface area contributed by atoms with Crippen molar-refractivity contribution in [2.45, 2.75) is 13.0 Å². The first kappa shape index (κ1) is 14.7. The molecule has 1 atom stereocenters. The van der Waals surface area contributed by atoms with E-state index < -0.39 is 4.92 Å². The lowest BCUT2D eigenvalue weighted by molar-refractivity contribution is -0.384. The highest BCUT2D eigenvalue weighted by molar-refractivity contribution is 14.1. The molecule has 0 aliphatic rings. The molecule has 0 fully saturated rings. The van der Waals surface area contributed by atoms with Crippen LogP contribution < -0.4 is 5.32 Å². The van der Waals surface area contributed by atoms with Crippen LogP contribution in [-0.4, -0.2) is 35.9 Å². The summed E-state index contributed by atoms with van der Waals surface area (Å²) in [6.45, 7) is 1.75. The molecule has 0 saturated heterocycles. The Labute approximate surface area is 119 Å². The number of nitrogens with zero attached hydrogens (tertiary/aromatic N) is 2. The summed E-state index contributed by atoms with van der Waals surface area (Å²) in [5.74, 6) is -0.0517. The monoisotopic (exact) mass is 363 g/mol. The Morgan fingerprint density at radius 3 is 2.56 bits per heavy atom. The van der Waals surface area contributed by atoms with Crippen molar-refractivity contribution in [3.8, 4) is 0 Å². The van der Waals surface area contributed by atoms with Gasteiger partial charge in [-0.15, -0.1) is 0 Å². The van der Waals surface area contributed by atoms with E-state index in [9.17, 15) is 14.9 Å². The van der Waals surface area contributed by atoms with Gasteiger partial charge in [0.05, 0.1) is 4.92 Å². The number of benzene rings is 1. The number of halogens is 1. The second-order valence-corrected chi connectivity index (χ2v) is 5.18. The molecular weight excluding hydrogens is 349 g/mol. The minimum absolute atomic E-state index is 0.0385. The fraction of sp³-hybridized carbons (Fsp3) is 0.364. The van der Waals surface area contributed by atoms with Gasteiger partial charge in [0, 0.05) is 35.5 Å². The number of hydrogen-bond acceptors (Lipinski definition) is 4. The maximum absolute atomic E-state index is 11.7. The summed E-state index contributed by atoms with van der Waals surface area (Å²) in [5, 5.41) is 13.6. The van der Waals surface area contributed by atoms with E-state index in [-0.39, 0.29) is 17.6 Å². The molecule has 0 aliphatic heterocycles. The van der Waals surface area contributed by atoms with Gasteiger partial charge in [0.2, 0.25) is 5.91 Å². The summed E-state index contributed by atoms with van der Waals surface area (Å²) in [5.41, 5.74) is 0.750. The number of rotatable bonds is 4. The maximum Gasteiger partial charge on any atom is 0.270 e. The lowest BCUT2D eigenvalue weighted by Gasteiger charge is -2.19. The highest BCUT2D eigenvalue weighted by Gasteiger charge is 2.16. The first-order valence-corrected chi connectivity index (χ1v) is 6.32. The Balaban J connectivity index is 2.86. The van der Waals surface area contributed by atoms with Crippen LogP contribution in [0.4, 0.5) is 11.4 Å². The SMILES string of the molecule is CC(Nc1ccc([N+](=O)[O-])cc1I)C(=O)N(C)C. The molecule has 0 radical (unpaired) electrons. The molecule has 6 nitrogen and oxygen atoms in total. The third-order valence-electron chi connectivity index (χ3n) is 2.35. The van der Waals surface area contributed by atoms with E-state index in [1.165, 1.54) is 17.0 Å². The molecule has 7 heteroatoms. The molecule has 1 rings (SSSR count). The number of non-ortho nitro benzene ring substituents is 1. The molecule has 18 heavy (non-hydrogen) atoms. The molecule has 1 aromatic carbocycles. The topological polar surface area (TPSA) is 75.5 Å². The Morgan fingerprint density at radius 2 is 2.11 bits per heavy atom. The number of likely N-dealkylation sites (N-methyl/N-ethyl adjacent to an activating group) is 1. The average molecular weight is 363 g/mol. The van der Waals surface area contributed by atoms with Crippen molar-refractivity contribution in [1.29, 1.82) is 0 Å². The minimum Gasteiger partial charge on any atom is -0.373 e. The van der Waals surface area contributed by atoms with Crippen molar-refractivity contribution in [3.05, 3.63) is 31.9 Å². The second kappa shape index (κ2) is 5.98. The van der Waals surface area contributed by atoms with Gasteiger partial charge in [-0.05, 0) is 35.6 Å². The Kier molecular flexibility index (Phi) is 4.88. The van der Waals surface area contributed by atoms with Crippen molar-refractivity contribution in [2.24, 2.45) is 0 Å². The number of carbonyl (C=O) groups excluding carboxylic acids is 1. The number of nitrogens with one attached hydrogen (secondary N) is 1. The number of hydrogen-bond donors (Lipinski definition) is 1. The van der Waals surface area contributed by atoms with Gasteiger partial charge in [0.25, 0.3) is 5.69 Å². The molecule has 1 unspecified atom stereocenters. The first-order chi connectivity index (χ1) is 8.32. The molecule has 0 saturated carbocycles. The molecule has 98 valence electrons.